The van der Waals surface area contributed by atoms with E-state index in [0.29, 0.717) is 30.9 Å². The molecule has 2 heterocycles. The summed E-state index contributed by atoms with van der Waals surface area (Å²) in [5.41, 5.74) is 8.25. The van der Waals surface area contributed by atoms with Crippen molar-refractivity contribution in [1.82, 2.24) is 9.88 Å². The van der Waals surface area contributed by atoms with Crippen LogP contribution in [0.5, 0.6) is 0 Å². The maximum Gasteiger partial charge on any atom is 0.339 e. The van der Waals surface area contributed by atoms with Crippen LogP contribution in [0.15, 0.2) is 42.7 Å². The summed E-state index contributed by atoms with van der Waals surface area (Å²) in [7, 11) is 1.32. The van der Waals surface area contributed by atoms with E-state index in [1.807, 2.05) is 23.1 Å². The van der Waals surface area contributed by atoms with Crippen molar-refractivity contribution < 1.29 is 14.3 Å². The van der Waals surface area contributed by atoms with Gasteiger partial charge in [0.1, 0.15) is 0 Å². The maximum atomic E-state index is 13.2. The minimum Gasteiger partial charge on any atom is -0.465 e. The molecule has 1 saturated carbocycles. The Balaban J connectivity index is 1.45. The second-order valence-electron chi connectivity index (χ2n) is 8.28. The Morgan fingerprint density at radius 3 is 2.71 bits per heavy atom. The van der Waals surface area contributed by atoms with Gasteiger partial charge in [0.25, 0.3) is 0 Å². The number of urea groups is 1. The fourth-order valence-corrected chi connectivity index (χ4v) is 5.02. The van der Waals surface area contributed by atoms with Crippen LogP contribution in [0.1, 0.15) is 41.6 Å². The zero-order valence-electron chi connectivity index (χ0n) is 17.6. The number of anilines is 1. The van der Waals surface area contributed by atoms with E-state index in [9.17, 15) is 9.59 Å². The number of hydrogen-bond acceptors (Lipinski definition) is 5. The number of nitrogens with two attached hydrogens (primary N) is 1. The van der Waals surface area contributed by atoms with Gasteiger partial charge in [-0.25, -0.2) is 9.59 Å². The van der Waals surface area contributed by atoms with Crippen LogP contribution in [-0.2, 0) is 10.2 Å². The molecule has 2 aliphatic rings. The third-order valence-electron chi connectivity index (χ3n) is 6.68. The summed E-state index contributed by atoms with van der Waals surface area (Å²) < 4.78 is 4.76. The summed E-state index contributed by atoms with van der Waals surface area (Å²) in [5.74, 6) is -0.468. The van der Waals surface area contributed by atoms with E-state index in [0.717, 1.165) is 30.7 Å². The first kappa shape index (κ1) is 21.6. The molecule has 8 heteroatoms. The van der Waals surface area contributed by atoms with Gasteiger partial charge in [-0.05, 0) is 49.4 Å². The maximum absolute atomic E-state index is 13.2. The summed E-state index contributed by atoms with van der Waals surface area (Å²) in [4.78, 5) is 32.7. The number of pyridine rings is 1. The standard InChI is InChI=1S/C23H27ClN4O3/c1-31-21(29)16-11-20(14-26-13-16)28-10-9-27(22(28)30)19-5-7-23(15-25,8-6-19)17-3-2-4-18(24)12-17/h2-4,11-14,19H,5-10,15,25H2,1H3. The van der Waals surface area contributed by atoms with Crippen LogP contribution in [0, 0.1) is 0 Å². The molecule has 0 spiro atoms. The Labute approximate surface area is 187 Å². The molecule has 0 atom stereocenters. The van der Waals surface area contributed by atoms with Gasteiger partial charge >= 0.3 is 12.0 Å². The van der Waals surface area contributed by atoms with Gasteiger partial charge in [-0.1, -0.05) is 23.7 Å². The second-order valence-corrected chi connectivity index (χ2v) is 8.71. The number of halogens is 1. The summed E-state index contributed by atoms with van der Waals surface area (Å²) in [5, 5.41) is 0.723. The minimum atomic E-state index is -0.468. The lowest BCUT2D eigenvalue weighted by molar-refractivity contribution is 0.0600. The van der Waals surface area contributed by atoms with E-state index in [1.54, 1.807) is 17.2 Å². The molecule has 31 heavy (non-hydrogen) atoms. The van der Waals surface area contributed by atoms with Crippen LogP contribution in [0.4, 0.5) is 10.5 Å². The van der Waals surface area contributed by atoms with Crippen LogP contribution < -0.4 is 10.6 Å². The van der Waals surface area contributed by atoms with Crippen LogP contribution in [-0.4, -0.2) is 54.7 Å². The molecule has 1 saturated heterocycles. The smallest absolute Gasteiger partial charge is 0.339 e. The van der Waals surface area contributed by atoms with E-state index in [-0.39, 0.29) is 17.5 Å². The third kappa shape index (κ3) is 4.12. The predicted molar refractivity (Wildman–Crippen MR) is 119 cm³/mol. The summed E-state index contributed by atoms with van der Waals surface area (Å²) in [6, 6.07) is 9.74. The van der Waals surface area contributed by atoms with Gasteiger partial charge in [0.05, 0.1) is 24.6 Å². The fourth-order valence-electron chi connectivity index (χ4n) is 4.83. The van der Waals surface area contributed by atoms with E-state index in [2.05, 4.69) is 11.1 Å². The molecule has 7 nitrogen and oxygen atoms in total. The van der Waals surface area contributed by atoms with Crippen molar-refractivity contribution in [3.8, 4) is 0 Å². The normalized spacial score (nSPS) is 23.8. The van der Waals surface area contributed by atoms with Crippen LogP contribution >= 0.6 is 11.6 Å². The monoisotopic (exact) mass is 442 g/mol. The Kier molecular flexibility index (Phi) is 6.16. The molecule has 1 aliphatic heterocycles. The van der Waals surface area contributed by atoms with Crippen LogP contribution in [0.25, 0.3) is 0 Å². The molecule has 0 radical (unpaired) electrons. The number of nitrogens with zero attached hydrogens (tertiary/aromatic N) is 3. The van der Waals surface area contributed by atoms with Crippen molar-refractivity contribution in [2.75, 3.05) is 31.6 Å². The van der Waals surface area contributed by atoms with Crippen molar-refractivity contribution in [2.24, 2.45) is 5.73 Å². The highest BCUT2D eigenvalue weighted by atomic mass is 35.5. The molecule has 1 aromatic carbocycles. The van der Waals surface area contributed by atoms with Gasteiger partial charge in [0, 0.05) is 42.3 Å². The van der Waals surface area contributed by atoms with Gasteiger partial charge in [-0.2, -0.15) is 0 Å². The second kappa shape index (κ2) is 8.85. The minimum absolute atomic E-state index is 0.0446. The molecule has 0 bridgehead atoms. The zero-order chi connectivity index (χ0) is 22.0. The number of carbonyl (C=O) groups excluding carboxylic acids is 2. The Morgan fingerprint density at radius 1 is 1.26 bits per heavy atom. The van der Waals surface area contributed by atoms with E-state index < -0.39 is 5.97 Å². The van der Waals surface area contributed by atoms with Crippen molar-refractivity contribution in [1.29, 1.82) is 0 Å². The highest BCUT2D eigenvalue weighted by molar-refractivity contribution is 6.30. The quantitative estimate of drug-likeness (QED) is 0.714. The largest absolute Gasteiger partial charge is 0.465 e. The molecule has 1 aliphatic carbocycles. The summed E-state index contributed by atoms with van der Waals surface area (Å²) >= 11 is 6.22. The Hall–Kier alpha value is -2.64. The van der Waals surface area contributed by atoms with Gasteiger partial charge in [0.2, 0.25) is 0 Å². The first-order valence-electron chi connectivity index (χ1n) is 10.5. The van der Waals surface area contributed by atoms with Crippen molar-refractivity contribution >= 4 is 29.3 Å². The van der Waals surface area contributed by atoms with Crippen LogP contribution in [0.2, 0.25) is 5.02 Å². The van der Waals surface area contributed by atoms with Gasteiger partial charge in [-0.15, -0.1) is 0 Å². The van der Waals surface area contributed by atoms with Crippen molar-refractivity contribution in [2.45, 2.75) is 37.1 Å². The average molecular weight is 443 g/mol. The molecular formula is C23H27ClN4O3. The predicted octanol–water partition coefficient (Wildman–Crippen LogP) is 3.60. The zero-order valence-corrected chi connectivity index (χ0v) is 18.3. The number of esters is 1. The highest BCUT2D eigenvalue weighted by Gasteiger charge is 2.41. The number of hydrogen-bond donors (Lipinski definition) is 1. The average Bonchev–Trinajstić information content (AvgIpc) is 3.20. The van der Waals surface area contributed by atoms with Gasteiger partial charge < -0.3 is 15.4 Å². The lowest BCUT2D eigenvalue weighted by atomic mass is 9.68. The summed E-state index contributed by atoms with van der Waals surface area (Å²) in [6.07, 6.45) is 6.66. The number of rotatable bonds is 5. The molecule has 2 amide bonds. The van der Waals surface area contributed by atoms with E-state index in [4.69, 9.17) is 22.1 Å². The van der Waals surface area contributed by atoms with E-state index >= 15 is 0 Å². The molecule has 4 rings (SSSR count). The number of benzene rings is 1. The van der Waals surface area contributed by atoms with Gasteiger partial charge in [0.15, 0.2) is 0 Å². The molecule has 2 N–H and O–H groups in total. The number of carbonyl (C=O) groups is 2. The number of aromatic nitrogens is 1. The molecule has 0 unspecified atom stereocenters. The topological polar surface area (TPSA) is 88.8 Å². The molecule has 164 valence electrons. The number of methoxy groups -OCH3 is 1. The third-order valence-corrected chi connectivity index (χ3v) is 6.91. The molecular weight excluding hydrogens is 416 g/mol. The first-order chi connectivity index (χ1) is 15.0. The molecule has 2 aromatic rings. The highest BCUT2D eigenvalue weighted by Crippen LogP contribution is 2.41. The summed E-state index contributed by atoms with van der Waals surface area (Å²) in [6.45, 7) is 1.78. The Morgan fingerprint density at radius 2 is 2.03 bits per heavy atom. The lowest BCUT2D eigenvalue weighted by Gasteiger charge is -2.42. The number of ether oxygens (including phenoxy) is 1. The Bertz CT molecular complexity index is 975. The van der Waals surface area contributed by atoms with E-state index in [1.165, 1.54) is 18.9 Å². The molecule has 2 fully saturated rings. The molecule has 1 aromatic heterocycles. The van der Waals surface area contributed by atoms with Crippen molar-refractivity contribution in [3.63, 3.8) is 0 Å². The van der Waals surface area contributed by atoms with Crippen LogP contribution in [0.3, 0.4) is 0 Å². The fraction of sp³-hybridized carbons (Fsp3) is 0.435. The van der Waals surface area contributed by atoms with Crippen molar-refractivity contribution in [3.05, 3.63) is 58.9 Å². The lowest BCUT2D eigenvalue weighted by Crippen LogP contribution is -2.46. The number of amides is 2. The van der Waals surface area contributed by atoms with Gasteiger partial charge in [-0.3, -0.25) is 9.88 Å². The first-order valence-corrected chi connectivity index (χ1v) is 10.9. The SMILES string of the molecule is COC(=O)c1cncc(N2CCN(C3CCC(CN)(c4cccc(Cl)c4)CC3)C2=O)c1.